The first kappa shape index (κ1) is 12.7. The maximum absolute atomic E-state index is 10.5. The van der Waals surface area contributed by atoms with Crippen LogP contribution in [0.5, 0.6) is 0 Å². The van der Waals surface area contributed by atoms with Crippen molar-refractivity contribution in [2.24, 2.45) is 0 Å². The van der Waals surface area contributed by atoms with E-state index in [0.29, 0.717) is 0 Å². The van der Waals surface area contributed by atoms with Gasteiger partial charge in [-0.1, -0.05) is 19.9 Å². The number of aliphatic hydroxyl groups is 1. The van der Waals surface area contributed by atoms with Gasteiger partial charge in [-0.3, -0.25) is 0 Å². The lowest BCUT2D eigenvalue weighted by atomic mass is 9.84. The molecule has 86 valence electrons. The van der Waals surface area contributed by atoms with Gasteiger partial charge in [0.2, 0.25) is 0 Å². The number of hydrogen-bond donors (Lipinski definition) is 1. The van der Waals surface area contributed by atoms with E-state index < -0.39 is 0 Å². The summed E-state index contributed by atoms with van der Waals surface area (Å²) in [5, 5.41) is 12.5. The Labute approximate surface area is 96.5 Å². The molecule has 2 nitrogen and oxygen atoms in total. The van der Waals surface area contributed by atoms with Crippen LogP contribution in [-0.2, 0) is 0 Å². The quantitative estimate of drug-likeness (QED) is 0.836. The summed E-state index contributed by atoms with van der Waals surface area (Å²) in [5.74, 6) is 0. The van der Waals surface area contributed by atoms with Crippen molar-refractivity contribution in [3.63, 3.8) is 0 Å². The van der Waals surface area contributed by atoms with Crippen LogP contribution in [0.2, 0.25) is 0 Å². The van der Waals surface area contributed by atoms with Gasteiger partial charge in [0.15, 0.2) is 0 Å². The lowest BCUT2D eigenvalue weighted by Gasteiger charge is -2.42. The molecule has 0 aliphatic carbocycles. The van der Waals surface area contributed by atoms with Crippen LogP contribution in [0, 0.1) is 0 Å². The molecule has 0 aromatic carbocycles. The Bertz CT molecular complexity index is 278. The second-order valence-corrected chi connectivity index (χ2v) is 5.10. The van der Waals surface area contributed by atoms with Gasteiger partial charge in [0.05, 0.1) is 5.54 Å². The SMILES string of the molecule is CCC(CC)(C(O)c1cccs1)N(C)C. The van der Waals surface area contributed by atoms with Crippen LogP contribution in [0.3, 0.4) is 0 Å². The smallest absolute Gasteiger partial charge is 0.106 e. The second kappa shape index (κ2) is 5.10. The van der Waals surface area contributed by atoms with Crippen LogP contribution in [0.25, 0.3) is 0 Å². The standard InChI is InChI=1S/C12H21NOS/c1-5-12(6-2,13(3)4)11(14)10-8-7-9-15-10/h7-9,11,14H,5-6H2,1-4H3. The molecule has 3 heteroatoms. The average Bonchev–Trinajstić information content (AvgIpc) is 2.72. The molecule has 1 aromatic rings. The van der Waals surface area contributed by atoms with Crippen LogP contribution < -0.4 is 0 Å². The molecular formula is C12H21NOS. The molecule has 0 amide bonds. The minimum atomic E-state index is -0.387. The van der Waals surface area contributed by atoms with Crippen molar-refractivity contribution >= 4 is 11.3 Å². The Morgan fingerprint density at radius 3 is 2.33 bits per heavy atom. The van der Waals surface area contributed by atoms with E-state index in [2.05, 4.69) is 18.7 Å². The van der Waals surface area contributed by atoms with E-state index >= 15 is 0 Å². The monoisotopic (exact) mass is 227 g/mol. The van der Waals surface area contributed by atoms with Gasteiger partial charge in [-0.05, 0) is 38.4 Å². The number of nitrogens with zero attached hydrogens (tertiary/aromatic N) is 1. The van der Waals surface area contributed by atoms with Crippen molar-refractivity contribution in [2.45, 2.75) is 38.3 Å². The molecule has 0 fully saturated rings. The summed E-state index contributed by atoms with van der Waals surface area (Å²) >= 11 is 1.63. The highest BCUT2D eigenvalue weighted by molar-refractivity contribution is 7.10. The summed E-state index contributed by atoms with van der Waals surface area (Å²) in [5.41, 5.74) is -0.134. The number of thiophene rings is 1. The Hall–Kier alpha value is -0.380. The summed E-state index contributed by atoms with van der Waals surface area (Å²) in [4.78, 5) is 3.21. The fourth-order valence-electron chi connectivity index (χ4n) is 2.23. The summed E-state index contributed by atoms with van der Waals surface area (Å²) in [6.45, 7) is 4.28. The number of hydrogen-bond acceptors (Lipinski definition) is 3. The van der Waals surface area contributed by atoms with Crippen molar-refractivity contribution in [1.29, 1.82) is 0 Å². The van der Waals surface area contributed by atoms with E-state index in [1.807, 2.05) is 31.6 Å². The largest absolute Gasteiger partial charge is 0.386 e. The minimum Gasteiger partial charge on any atom is -0.386 e. The number of likely N-dealkylation sites (N-methyl/N-ethyl adjacent to an activating group) is 1. The molecule has 1 heterocycles. The Balaban J connectivity index is 2.99. The van der Waals surface area contributed by atoms with Crippen LogP contribution >= 0.6 is 11.3 Å². The third-order valence-corrected chi connectivity index (χ3v) is 4.36. The highest BCUT2D eigenvalue weighted by atomic mass is 32.1. The van der Waals surface area contributed by atoms with Crippen molar-refractivity contribution in [1.82, 2.24) is 4.90 Å². The zero-order chi connectivity index (χ0) is 11.5. The van der Waals surface area contributed by atoms with E-state index in [1.165, 1.54) is 0 Å². The molecular weight excluding hydrogens is 206 g/mol. The van der Waals surface area contributed by atoms with Gasteiger partial charge in [-0.25, -0.2) is 0 Å². The number of aliphatic hydroxyl groups excluding tert-OH is 1. The average molecular weight is 227 g/mol. The van der Waals surface area contributed by atoms with E-state index in [4.69, 9.17) is 0 Å². The van der Waals surface area contributed by atoms with Crippen molar-refractivity contribution in [3.05, 3.63) is 22.4 Å². The maximum atomic E-state index is 10.5. The van der Waals surface area contributed by atoms with Gasteiger partial charge >= 0.3 is 0 Å². The summed E-state index contributed by atoms with van der Waals surface area (Å²) in [6.07, 6.45) is 1.52. The van der Waals surface area contributed by atoms with Gasteiger partial charge in [0.1, 0.15) is 6.10 Å². The molecule has 1 N–H and O–H groups in total. The Morgan fingerprint density at radius 2 is 2.00 bits per heavy atom. The molecule has 1 rings (SSSR count). The van der Waals surface area contributed by atoms with Gasteiger partial charge in [-0.2, -0.15) is 0 Å². The molecule has 0 aliphatic rings. The van der Waals surface area contributed by atoms with Crippen molar-refractivity contribution in [3.8, 4) is 0 Å². The van der Waals surface area contributed by atoms with E-state index in [0.717, 1.165) is 17.7 Å². The van der Waals surface area contributed by atoms with Crippen molar-refractivity contribution < 1.29 is 5.11 Å². The minimum absolute atomic E-state index is 0.134. The van der Waals surface area contributed by atoms with E-state index in [-0.39, 0.29) is 11.6 Å². The molecule has 15 heavy (non-hydrogen) atoms. The second-order valence-electron chi connectivity index (χ2n) is 4.12. The first-order valence-corrected chi connectivity index (χ1v) is 6.35. The molecule has 1 unspecified atom stereocenters. The van der Waals surface area contributed by atoms with Crippen LogP contribution in [-0.4, -0.2) is 29.6 Å². The van der Waals surface area contributed by atoms with Crippen molar-refractivity contribution in [2.75, 3.05) is 14.1 Å². The van der Waals surface area contributed by atoms with Gasteiger partial charge in [-0.15, -0.1) is 11.3 Å². The van der Waals surface area contributed by atoms with Gasteiger partial charge < -0.3 is 10.0 Å². The molecule has 0 saturated heterocycles. The van der Waals surface area contributed by atoms with Crippen LogP contribution in [0.4, 0.5) is 0 Å². The van der Waals surface area contributed by atoms with E-state index in [1.54, 1.807) is 11.3 Å². The predicted molar refractivity (Wildman–Crippen MR) is 66.3 cm³/mol. The molecule has 0 bridgehead atoms. The first-order chi connectivity index (χ1) is 7.08. The molecule has 0 aliphatic heterocycles. The third kappa shape index (κ3) is 2.25. The highest BCUT2D eigenvalue weighted by Crippen LogP contribution is 2.37. The summed E-state index contributed by atoms with van der Waals surface area (Å²) in [6, 6.07) is 4.01. The predicted octanol–water partition coefficient (Wildman–Crippen LogP) is 2.90. The molecule has 1 aromatic heterocycles. The molecule has 0 saturated carbocycles. The summed E-state index contributed by atoms with van der Waals surface area (Å²) < 4.78 is 0. The molecule has 0 spiro atoms. The maximum Gasteiger partial charge on any atom is 0.106 e. The summed E-state index contributed by atoms with van der Waals surface area (Å²) in [7, 11) is 4.09. The van der Waals surface area contributed by atoms with E-state index in [9.17, 15) is 5.11 Å². The Morgan fingerprint density at radius 1 is 1.40 bits per heavy atom. The van der Waals surface area contributed by atoms with Gasteiger partial charge in [0.25, 0.3) is 0 Å². The first-order valence-electron chi connectivity index (χ1n) is 5.47. The zero-order valence-corrected chi connectivity index (χ0v) is 10.8. The van der Waals surface area contributed by atoms with Crippen LogP contribution in [0.15, 0.2) is 17.5 Å². The normalized spacial score (nSPS) is 14.5. The fourth-order valence-corrected chi connectivity index (χ4v) is 3.05. The van der Waals surface area contributed by atoms with Crippen LogP contribution in [0.1, 0.15) is 37.7 Å². The lowest BCUT2D eigenvalue weighted by Crippen LogP contribution is -2.48. The topological polar surface area (TPSA) is 23.5 Å². The highest BCUT2D eigenvalue weighted by Gasteiger charge is 2.38. The molecule has 0 radical (unpaired) electrons. The lowest BCUT2D eigenvalue weighted by molar-refractivity contribution is -0.0128. The third-order valence-electron chi connectivity index (χ3n) is 3.44. The Kier molecular flexibility index (Phi) is 4.32. The molecule has 1 atom stereocenters. The fraction of sp³-hybridized carbons (Fsp3) is 0.667. The zero-order valence-electron chi connectivity index (χ0n) is 10.0. The number of rotatable bonds is 5. The van der Waals surface area contributed by atoms with Gasteiger partial charge in [0, 0.05) is 4.88 Å².